The van der Waals surface area contributed by atoms with E-state index in [1.807, 2.05) is 12.1 Å². The van der Waals surface area contributed by atoms with E-state index in [2.05, 4.69) is 31.4 Å². The number of halogens is 1. The Labute approximate surface area is 140 Å². The second-order valence-electron chi connectivity index (χ2n) is 4.75. The molecule has 0 aliphatic heterocycles. The second-order valence-corrected chi connectivity index (χ2v) is 5.67. The molecule has 23 heavy (non-hydrogen) atoms. The lowest BCUT2D eigenvalue weighted by Gasteiger charge is -2.06. The average Bonchev–Trinajstić information content (AvgIpc) is 2.97. The van der Waals surface area contributed by atoms with Crippen LogP contribution in [0.1, 0.15) is 10.5 Å². The maximum absolute atomic E-state index is 12.0. The van der Waals surface area contributed by atoms with E-state index in [9.17, 15) is 9.59 Å². The summed E-state index contributed by atoms with van der Waals surface area (Å²) in [6.45, 7) is -0.382. The summed E-state index contributed by atoms with van der Waals surface area (Å²) in [4.78, 5) is 23.9. The third kappa shape index (κ3) is 3.57. The Morgan fingerprint density at radius 3 is 2.83 bits per heavy atom. The molecule has 0 fully saturated rings. The quantitative estimate of drug-likeness (QED) is 0.688. The summed E-state index contributed by atoms with van der Waals surface area (Å²) < 4.78 is 5.86. The molecule has 0 saturated heterocycles. The molecule has 0 spiro atoms. The Bertz CT molecular complexity index is 876. The monoisotopic (exact) mass is 373 g/mol. The Balaban J connectivity index is 1.61. The molecule has 3 rings (SSSR count). The van der Waals surface area contributed by atoms with Crippen LogP contribution in [0.2, 0.25) is 0 Å². The third-order valence-corrected chi connectivity index (χ3v) is 3.60. The van der Waals surface area contributed by atoms with Gasteiger partial charge in [0.1, 0.15) is 0 Å². The van der Waals surface area contributed by atoms with Crippen molar-refractivity contribution in [2.24, 2.45) is 0 Å². The molecule has 2 aromatic carbocycles. The van der Waals surface area contributed by atoms with E-state index in [0.717, 1.165) is 9.99 Å². The average molecular weight is 374 g/mol. The summed E-state index contributed by atoms with van der Waals surface area (Å²) in [5.74, 6) is -1.07. The first-order chi connectivity index (χ1) is 11.1. The molecule has 3 aromatic rings. The van der Waals surface area contributed by atoms with Gasteiger partial charge in [-0.15, -0.1) is 0 Å². The number of hydrogen-bond acceptors (Lipinski definition) is 4. The number of carbonyl (C=O) groups excluding carboxylic acids is 2. The van der Waals surface area contributed by atoms with Gasteiger partial charge in [-0.1, -0.05) is 40.2 Å². The summed E-state index contributed by atoms with van der Waals surface area (Å²) >= 11 is 3.31. The van der Waals surface area contributed by atoms with Gasteiger partial charge in [0, 0.05) is 15.5 Å². The number of para-hydroxylation sites is 1. The summed E-state index contributed by atoms with van der Waals surface area (Å²) in [6, 6.07) is 14.3. The van der Waals surface area contributed by atoms with Crippen molar-refractivity contribution >= 4 is 44.4 Å². The highest BCUT2D eigenvalue weighted by molar-refractivity contribution is 9.10. The van der Waals surface area contributed by atoms with Crippen LogP contribution in [-0.4, -0.2) is 28.7 Å². The van der Waals surface area contributed by atoms with Crippen molar-refractivity contribution in [3.63, 3.8) is 0 Å². The lowest BCUT2D eigenvalue weighted by Crippen LogP contribution is -2.21. The van der Waals surface area contributed by atoms with Gasteiger partial charge in [0.25, 0.3) is 5.91 Å². The fraction of sp³-hybridized carbons (Fsp3) is 0.0625. The highest BCUT2D eigenvalue weighted by atomic mass is 79.9. The zero-order valence-electron chi connectivity index (χ0n) is 11.9. The van der Waals surface area contributed by atoms with Crippen LogP contribution < -0.4 is 5.32 Å². The number of H-pyrrole nitrogens is 1. The van der Waals surface area contributed by atoms with Gasteiger partial charge in [-0.3, -0.25) is 9.89 Å². The van der Waals surface area contributed by atoms with Crippen LogP contribution in [0.4, 0.5) is 5.69 Å². The Morgan fingerprint density at radius 2 is 2.00 bits per heavy atom. The maximum atomic E-state index is 12.0. The lowest BCUT2D eigenvalue weighted by molar-refractivity contribution is -0.119. The van der Waals surface area contributed by atoms with Gasteiger partial charge >= 0.3 is 5.97 Å². The molecular formula is C16H12BrN3O3. The molecule has 0 aliphatic carbocycles. The van der Waals surface area contributed by atoms with Gasteiger partial charge in [-0.05, 0) is 24.3 Å². The van der Waals surface area contributed by atoms with Crippen molar-refractivity contribution in [3.8, 4) is 0 Å². The van der Waals surface area contributed by atoms with Crippen molar-refractivity contribution in [3.05, 3.63) is 58.7 Å². The molecule has 1 amide bonds. The normalized spacial score (nSPS) is 10.5. The summed E-state index contributed by atoms with van der Waals surface area (Å²) in [5.41, 5.74) is 1.51. The zero-order valence-corrected chi connectivity index (χ0v) is 13.5. The molecule has 0 atom stereocenters. The first-order valence-corrected chi connectivity index (χ1v) is 7.58. The first-order valence-electron chi connectivity index (χ1n) is 6.79. The number of carbonyl (C=O) groups is 2. The molecule has 0 radical (unpaired) electrons. The number of fused-ring (bicyclic) bond motifs is 1. The van der Waals surface area contributed by atoms with Crippen molar-refractivity contribution < 1.29 is 14.3 Å². The number of rotatable bonds is 4. The lowest BCUT2D eigenvalue weighted by atomic mass is 10.2. The number of nitrogens with one attached hydrogen (secondary N) is 2. The highest BCUT2D eigenvalue weighted by Gasteiger charge is 2.16. The molecular weight excluding hydrogens is 362 g/mol. The number of ether oxygens (including phenoxy) is 1. The van der Waals surface area contributed by atoms with Crippen LogP contribution in [0.25, 0.3) is 10.9 Å². The maximum Gasteiger partial charge on any atom is 0.359 e. The zero-order chi connectivity index (χ0) is 16.2. The number of nitrogens with zero attached hydrogens (tertiary/aromatic N) is 1. The van der Waals surface area contributed by atoms with Crippen LogP contribution >= 0.6 is 15.9 Å². The fourth-order valence-electron chi connectivity index (χ4n) is 2.08. The molecule has 1 heterocycles. The molecule has 2 N–H and O–H groups in total. The van der Waals surface area contributed by atoms with Gasteiger partial charge in [0.15, 0.2) is 12.3 Å². The fourth-order valence-corrected chi connectivity index (χ4v) is 2.48. The first kappa shape index (κ1) is 15.2. The van der Waals surface area contributed by atoms with Gasteiger partial charge in [0.05, 0.1) is 5.52 Å². The van der Waals surface area contributed by atoms with Crippen molar-refractivity contribution in [1.82, 2.24) is 10.2 Å². The number of aromatic amines is 1. The van der Waals surface area contributed by atoms with Crippen molar-refractivity contribution in [2.75, 3.05) is 11.9 Å². The number of aromatic nitrogens is 2. The van der Waals surface area contributed by atoms with E-state index in [0.29, 0.717) is 11.1 Å². The highest BCUT2D eigenvalue weighted by Crippen LogP contribution is 2.17. The molecule has 0 bridgehead atoms. The Hall–Kier alpha value is -2.67. The van der Waals surface area contributed by atoms with Gasteiger partial charge < -0.3 is 10.1 Å². The predicted molar refractivity (Wildman–Crippen MR) is 89.1 cm³/mol. The number of esters is 1. The van der Waals surface area contributed by atoms with Crippen molar-refractivity contribution in [1.29, 1.82) is 0 Å². The smallest absolute Gasteiger partial charge is 0.359 e. The third-order valence-electron chi connectivity index (χ3n) is 3.11. The SMILES string of the molecule is O=C(COC(=O)c1n[nH]c2ccccc12)Nc1cccc(Br)c1. The van der Waals surface area contributed by atoms with Gasteiger partial charge in [-0.25, -0.2) is 4.79 Å². The van der Waals surface area contributed by atoms with E-state index in [1.54, 1.807) is 36.4 Å². The van der Waals surface area contributed by atoms with Crippen LogP contribution in [0.5, 0.6) is 0 Å². The minimum Gasteiger partial charge on any atom is -0.451 e. The van der Waals surface area contributed by atoms with Crippen LogP contribution in [-0.2, 0) is 9.53 Å². The predicted octanol–water partition coefficient (Wildman–Crippen LogP) is 3.12. The minimum atomic E-state index is -0.646. The van der Waals surface area contributed by atoms with E-state index in [4.69, 9.17) is 4.74 Å². The van der Waals surface area contributed by atoms with Crippen molar-refractivity contribution in [2.45, 2.75) is 0 Å². The minimum absolute atomic E-state index is 0.163. The molecule has 0 aliphatic rings. The van der Waals surface area contributed by atoms with E-state index >= 15 is 0 Å². The number of anilines is 1. The number of benzene rings is 2. The van der Waals surface area contributed by atoms with Gasteiger partial charge in [0.2, 0.25) is 0 Å². The molecule has 6 nitrogen and oxygen atoms in total. The van der Waals surface area contributed by atoms with E-state index in [-0.39, 0.29) is 12.3 Å². The molecule has 7 heteroatoms. The molecule has 1 aromatic heterocycles. The van der Waals surface area contributed by atoms with E-state index in [1.165, 1.54) is 0 Å². The van der Waals surface area contributed by atoms with Gasteiger partial charge in [-0.2, -0.15) is 5.10 Å². The largest absolute Gasteiger partial charge is 0.451 e. The number of amides is 1. The summed E-state index contributed by atoms with van der Waals surface area (Å²) in [5, 5.41) is 9.98. The second kappa shape index (κ2) is 6.62. The topological polar surface area (TPSA) is 84.1 Å². The number of hydrogen-bond donors (Lipinski definition) is 2. The molecule has 0 unspecified atom stereocenters. The molecule has 116 valence electrons. The van der Waals surface area contributed by atoms with Crippen LogP contribution in [0, 0.1) is 0 Å². The Morgan fingerprint density at radius 1 is 1.17 bits per heavy atom. The summed E-state index contributed by atoms with van der Waals surface area (Å²) in [7, 11) is 0. The van der Waals surface area contributed by atoms with Crippen LogP contribution in [0.3, 0.4) is 0 Å². The van der Waals surface area contributed by atoms with Crippen LogP contribution in [0.15, 0.2) is 53.0 Å². The standard InChI is InChI=1S/C16H12BrN3O3/c17-10-4-3-5-11(8-10)18-14(21)9-23-16(22)15-12-6-1-2-7-13(12)19-20-15/h1-8H,9H2,(H,18,21)(H,19,20). The summed E-state index contributed by atoms with van der Waals surface area (Å²) in [6.07, 6.45) is 0. The van der Waals surface area contributed by atoms with E-state index < -0.39 is 11.9 Å². The Kier molecular flexibility index (Phi) is 4.38. The molecule has 0 saturated carbocycles.